The summed E-state index contributed by atoms with van der Waals surface area (Å²) in [5, 5.41) is 1.41. The normalized spacial score (nSPS) is 15.4. The van der Waals surface area contributed by atoms with E-state index in [4.69, 9.17) is 16.3 Å². The van der Waals surface area contributed by atoms with Crippen molar-refractivity contribution in [1.29, 1.82) is 0 Å². The Morgan fingerprint density at radius 2 is 1.84 bits per heavy atom. The summed E-state index contributed by atoms with van der Waals surface area (Å²) in [6.07, 6.45) is 4.75. The molecule has 8 heteroatoms. The number of halogens is 1. The Balaban J connectivity index is 1.43. The number of aryl methyl sites for hydroxylation is 1. The number of aromatic nitrogens is 1. The van der Waals surface area contributed by atoms with Crippen molar-refractivity contribution in [3.05, 3.63) is 64.8 Å². The molecular formula is C23H25ClN2O4S. The SMILES string of the molecule is Cn1ccc2cc(C(=O)COCc3cc(S(=O)(=O)N4CCCCC4)ccc3Cl)ccc21. The van der Waals surface area contributed by atoms with Gasteiger partial charge in [-0.25, -0.2) is 8.42 Å². The molecule has 0 spiro atoms. The number of carbonyl (C=O) groups excluding carboxylic acids is 1. The van der Waals surface area contributed by atoms with Crippen LogP contribution in [0.1, 0.15) is 35.2 Å². The Kier molecular flexibility index (Phi) is 6.48. The molecule has 0 unspecified atom stereocenters. The Labute approximate surface area is 187 Å². The van der Waals surface area contributed by atoms with Gasteiger partial charge < -0.3 is 9.30 Å². The highest BCUT2D eigenvalue weighted by Gasteiger charge is 2.26. The minimum absolute atomic E-state index is 0.0571. The quantitative estimate of drug-likeness (QED) is 0.490. The molecule has 0 saturated carbocycles. The number of sulfonamides is 1. The Bertz CT molecular complexity index is 1210. The first-order chi connectivity index (χ1) is 14.9. The van der Waals surface area contributed by atoms with Gasteiger partial charge in [-0.05, 0) is 60.9 Å². The van der Waals surface area contributed by atoms with Gasteiger partial charge in [-0.2, -0.15) is 4.31 Å². The second-order valence-corrected chi connectivity index (χ2v) is 10.2. The minimum atomic E-state index is -3.55. The van der Waals surface area contributed by atoms with Gasteiger partial charge in [0.15, 0.2) is 5.78 Å². The van der Waals surface area contributed by atoms with Crippen LogP contribution in [0.5, 0.6) is 0 Å². The third-order valence-corrected chi connectivity index (χ3v) is 7.93. The molecule has 1 aromatic heterocycles. The van der Waals surface area contributed by atoms with Gasteiger partial charge in [0.1, 0.15) is 6.61 Å². The number of hydrogen-bond donors (Lipinski definition) is 0. The van der Waals surface area contributed by atoms with E-state index in [1.165, 1.54) is 10.4 Å². The van der Waals surface area contributed by atoms with Crippen LogP contribution in [0.4, 0.5) is 0 Å². The predicted molar refractivity (Wildman–Crippen MR) is 121 cm³/mol. The minimum Gasteiger partial charge on any atom is -0.369 e. The van der Waals surface area contributed by atoms with E-state index in [0.717, 1.165) is 30.2 Å². The zero-order valence-electron chi connectivity index (χ0n) is 17.4. The van der Waals surface area contributed by atoms with Crippen LogP contribution in [-0.4, -0.2) is 42.8 Å². The van der Waals surface area contributed by atoms with Crippen LogP contribution in [0.3, 0.4) is 0 Å². The summed E-state index contributed by atoms with van der Waals surface area (Å²) in [7, 11) is -1.60. The van der Waals surface area contributed by atoms with Gasteiger partial charge in [0.05, 0.1) is 11.5 Å². The van der Waals surface area contributed by atoms with Crippen molar-refractivity contribution in [2.45, 2.75) is 30.8 Å². The summed E-state index contributed by atoms with van der Waals surface area (Å²) in [5.41, 5.74) is 2.17. The Hall–Kier alpha value is -2.19. The van der Waals surface area contributed by atoms with Gasteiger partial charge >= 0.3 is 0 Å². The number of benzene rings is 2. The van der Waals surface area contributed by atoms with Crippen LogP contribution in [0.25, 0.3) is 10.9 Å². The fraction of sp³-hybridized carbons (Fsp3) is 0.348. The van der Waals surface area contributed by atoms with Crippen molar-refractivity contribution in [2.24, 2.45) is 7.05 Å². The van der Waals surface area contributed by atoms with Gasteiger partial charge in [0.25, 0.3) is 0 Å². The van der Waals surface area contributed by atoms with E-state index in [1.54, 1.807) is 18.2 Å². The monoisotopic (exact) mass is 460 g/mol. The second-order valence-electron chi connectivity index (χ2n) is 7.83. The van der Waals surface area contributed by atoms with E-state index in [1.807, 2.05) is 36.0 Å². The molecule has 6 nitrogen and oxygen atoms in total. The number of Topliss-reactive ketones (excluding diaryl/α,β-unsaturated/α-hetero) is 1. The smallest absolute Gasteiger partial charge is 0.243 e. The lowest BCUT2D eigenvalue weighted by Crippen LogP contribution is -2.35. The summed E-state index contributed by atoms with van der Waals surface area (Å²) in [5.74, 6) is -0.140. The highest BCUT2D eigenvalue weighted by Crippen LogP contribution is 2.26. The highest BCUT2D eigenvalue weighted by molar-refractivity contribution is 7.89. The number of ketones is 1. The lowest BCUT2D eigenvalue weighted by atomic mass is 10.1. The number of hydrogen-bond acceptors (Lipinski definition) is 4. The maximum absolute atomic E-state index is 12.9. The molecule has 3 aromatic rings. The molecule has 164 valence electrons. The van der Waals surface area contributed by atoms with Crippen molar-refractivity contribution in [3.8, 4) is 0 Å². The fourth-order valence-electron chi connectivity index (χ4n) is 3.87. The van der Waals surface area contributed by atoms with Crippen LogP contribution in [0.15, 0.2) is 53.6 Å². The van der Waals surface area contributed by atoms with Crippen molar-refractivity contribution >= 4 is 38.3 Å². The van der Waals surface area contributed by atoms with Crippen LogP contribution in [-0.2, 0) is 28.4 Å². The summed E-state index contributed by atoms with van der Waals surface area (Å²) < 4.78 is 34.9. The van der Waals surface area contributed by atoms with Crippen LogP contribution >= 0.6 is 11.6 Å². The topological polar surface area (TPSA) is 68.6 Å². The molecule has 0 bridgehead atoms. The average Bonchev–Trinajstić information content (AvgIpc) is 3.15. The maximum atomic E-state index is 12.9. The van der Waals surface area contributed by atoms with E-state index < -0.39 is 10.0 Å². The molecule has 4 rings (SSSR count). The number of ether oxygens (including phenoxy) is 1. The van der Waals surface area contributed by atoms with Crippen LogP contribution < -0.4 is 0 Å². The van der Waals surface area contributed by atoms with E-state index in [-0.39, 0.29) is 23.9 Å². The van der Waals surface area contributed by atoms with Crippen molar-refractivity contribution in [2.75, 3.05) is 19.7 Å². The van der Waals surface area contributed by atoms with Gasteiger partial charge in [0.2, 0.25) is 10.0 Å². The fourth-order valence-corrected chi connectivity index (χ4v) is 5.61. The zero-order valence-corrected chi connectivity index (χ0v) is 19.0. The maximum Gasteiger partial charge on any atom is 0.243 e. The molecule has 31 heavy (non-hydrogen) atoms. The average molecular weight is 461 g/mol. The second kappa shape index (κ2) is 9.12. The van der Waals surface area contributed by atoms with E-state index in [2.05, 4.69) is 0 Å². The van der Waals surface area contributed by atoms with E-state index in [0.29, 0.717) is 29.2 Å². The van der Waals surface area contributed by atoms with Gasteiger partial charge in [-0.1, -0.05) is 18.0 Å². The zero-order chi connectivity index (χ0) is 22.0. The third kappa shape index (κ3) is 4.70. The number of piperidine rings is 1. The molecule has 1 aliphatic heterocycles. The lowest BCUT2D eigenvalue weighted by Gasteiger charge is -2.26. The molecule has 0 N–H and O–H groups in total. The van der Waals surface area contributed by atoms with E-state index >= 15 is 0 Å². The number of nitrogens with zero attached hydrogens (tertiary/aromatic N) is 2. The molecule has 1 aliphatic rings. The molecular weight excluding hydrogens is 436 g/mol. The summed E-state index contributed by atoms with van der Waals surface area (Å²) in [4.78, 5) is 12.7. The first kappa shape index (κ1) is 22.0. The third-order valence-electron chi connectivity index (χ3n) is 5.67. The first-order valence-corrected chi connectivity index (χ1v) is 12.1. The molecule has 2 heterocycles. The van der Waals surface area contributed by atoms with Gasteiger partial charge in [0, 0.05) is 47.8 Å². The summed E-state index contributed by atoms with van der Waals surface area (Å²) in [6.45, 7) is 1.02. The molecule has 2 aromatic carbocycles. The molecule has 0 radical (unpaired) electrons. The Morgan fingerprint density at radius 1 is 1.06 bits per heavy atom. The summed E-state index contributed by atoms with van der Waals surface area (Å²) in [6, 6.07) is 12.1. The van der Waals surface area contributed by atoms with E-state index in [9.17, 15) is 13.2 Å². The van der Waals surface area contributed by atoms with Gasteiger partial charge in [-0.3, -0.25) is 4.79 Å². The standard InChI is InChI=1S/C23H25ClN2O4S/c1-25-12-9-17-13-18(5-8-22(17)25)23(27)16-30-15-19-14-20(6-7-21(19)24)31(28,29)26-10-3-2-4-11-26/h5-9,12-14H,2-4,10-11,15-16H2,1H3. The summed E-state index contributed by atoms with van der Waals surface area (Å²) >= 11 is 6.26. The van der Waals surface area contributed by atoms with Crippen molar-refractivity contribution in [3.63, 3.8) is 0 Å². The van der Waals surface area contributed by atoms with Crippen molar-refractivity contribution < 1.29 is 17.9 Å². The number of carbonyl (C=O) groups is 1. The molecule has 1 saturated heterocycles. The lowest BCUT2D eigenvalue weighted by molar-refractivity contribution is 0.0726. The number of rotatable bonds is 7. The predicted octanol–water partition coefficient (Wildman–Crippen LogP) is 4.41. The van der Waals surface area contributed by atoms with Crippen LogP contribution in [0, 0.1) is 0 Å². The molecule has 1 fully saturated rings. The number of fused-ring (bicyclic) bond motifs is 1. The molecule has 0 aliphatic carbocycles. The molecule has 0 amide bonds. The Morgan fingerprint density at radius 3 is 2.61 bits per heavy atom. The van der Waals surface area contributed by atoms with Gasteiger partial charge in [-0.15, -0.1) is 0 Å². The highest BCUT2D eigenvalue weighted by atomic mass is 35.5. The van der Waals surface area contributed by atoms with Crippen LogP contribution in [0.2, 0.25) is 5.02 Å². The largest absolute Gasteiger partial charge is 0.369 e. The molecule has 0 atom stereocenters. The van der Waals surface area contributed by atoms with Crippen molar-refractivity contribution in [1.82, 2.24) is 8.87 Å². The first-order valence-electron chi connectivity index (χ1n) is 10.3.